The van der Waals surface area contributed by atoms with E-state index in [-0.39, 0.29) is 30.4 Å². The second-order valence-corrected chi connectivity index (χ2v) is 7.49. The number of nitrogens with zero attached hydrogens (tertiary/aromatic N) is 3. The average molecular weight is 347 g/mol. The molecule has 3 heterocycles. The van der Waals surface area contributed by atoms with Crippen LogP contribution in [-0.4, -0.2) is 45.2 Å². The molecule has 2 fully saturated rings. The number of hydrogen-bond donors (Lipinski definition) is 2. The van der Waals surface area contributed by atoms with Crippen LogP contribution in [0.4, 0.5) is 4.79 Å². The van der Waals surface area contributed by atoms with Crippen molar-refractivity contribution in [3.63, 3.8) is 0 Å². The predicted octanol–water partition coefficient (Wildman–Crippen LogP) is 2.05. The van der Waals surface area contributed by atoms with E-state index in [0.717, 1.165) is 37.9 Å². The number of imide groups is 1. The molecule has 3 rings (SSSR count). The van der Waals surface area contributed by atoms with Gasteiger partial charge in [-0.1, -0.05) is 13.3 Å². The lowest BCUT2D eigenvalue weighted by Gasteiger charge is -2.37. The second-order valence-electron chi connectivity index (χ2n) is 7.49. The van der Waals surface area contributed by atoms with Gasteiger partial charge in [0.25, 0.3) is 5.91 Å². The van der Waals surface area contributed by atoms with Gasteiger partial charge in [0.15, 0.2) is 0 Å². The minimum atomic E-state index is -0.734. The monoisotopic (exact) mass is 347 g/mol. The molecule has 138 valence electrons. The van der Waals surface area contributed by atoms with Crippen LogP contribution in [0.5, 0.6) is 0 Å². The first-order chi connectivity index (χ1) is 12.0. The lowest BCUT2D eigenvalue weighted by Crippen LogP contribution is -2.55. The van der Waals surface area contributed by atoms with Gasteiger partial charge in [-0.3, -0.25) is 14.4 Å². The quantitative estimate of drug-likeness (QED) is 0.772. The Hall–Kier alpha value is -1.89. The van der Waals surface area contributed by atoms with Crippen LogP contribution in [0.15, 0.2) is 12.4 Å². The van der Waals surface area contributed by atoms with Crippen molar-refractivity contribution >= 4 is 11.9 Å². The van der Waals surface area contributed by atoms with Gasteiger partial charge in [-0.15, -0.1) is 0 Å². The molecule has 0 aromatic carbocycles. The third-order valence-corrected chi connectivity index (χ3v) is 5.41. The summed E-state index contributed by atoms with van der Waals surface area (Å²) in [5.74, 6) is 0.136. The predicted molar refractivity (Wildman–Crippen MR) is 94.9 cm³/mol. The van der Waals surface area contributed by atoms with Crippen molar-refractivity contribution in [1.82, 2.24) is 25.3 Å². The van der Waals surface area contributed by atoms with Crippen molar-refractivity contribution in [2.45, 2.75) is 64.6 Å². The molecule has 1 aromatic rings. The third kappa shape index (κ3) is 3.29. The summed E-state index contributed by atoms with van der Waals surface area (Å²) in [6.07, 6.45) is 7.07. The lowest BCUT2D eigenvalue weighted by molar-refractivity contribution is -0.134. The Bertz CT molecular complexity index is 635. The maximum Gasteiger partial charge on any atom is 0.325 e. The molecular weight excluding hydrogens is 318 g/mol. The van der Waals surface area contributed by atoms with E-state index in [1.807, 2.05) is 24.7 Å². The summed E-state index contributed by atoms with van der Waals surface area (Å²) in [4.78, 5) is 27.3. The zero-order chi connectivity index (χ0) is 18.0. The molecule has 0 bridgehead atoms. The number of rotatable bonds is 6. The van der Waals surface area contributed by atoms with Crippen LogP contribution in [-0.2, 0) is 11.3 Å². The molecule has 0 aliphatic carbocycles. The SMILES string of the molecule is CCC[C@]1(C2CCNCC2)NC(=O)N(Cc2cnn(C(C)C)c2)C1=O. The normalized spacial score (nSPS) is 25.0. The van der Waals surface area contributed by atoms with E-state index in [1.165, 1.54) is 4.90 Å². The molecular formula is C18H29N5O2. The molecule has 3 amide bonds. The number of urea groups is 1. The minimum absolute atomic E-state index is 0.0662. The molecule has 2 aliphatic heterocycles. The van der Waals surface area contributed by atoms with Crippen molar-refractivity contribution in [3.8, 4) is 0 Å². The first-order valence-electron chi connectivity index (χ1n) is 9.35. The van der Waals surface area contributed by atoms with Gasteiger partial charge in [-0.25, -0.2) is 4.79 Å². The van der Waals surface area contributed by atoms with Gasteiger partial charge in [0, 0.05) is 17.8 Å². The maximum absolute atomic E-state index is 13.3. The van der Waals surface area contributed by atoms with Crippen LogP contribution in [0.25, 0.3) is 0 Å². The summed E-state index contributed by atoms with van der Waals surface area (Å²) in [5.41, 5.74) is 0.150. The molecule has 0 spiro atoms. The summed E-state index contributed by atoms with van der Waals surface area (Å²) in [6.45, 7) is 8.26. The molecule has 1 aromatic heterocycles. The van der Waals surface area contributed by atoms with Crippen molar-refractivity contribution in [2.75, 3.05) is 13.1 Å². The number of piperidine rings is 1. The van der Waals surface area contributed by atoms with Crippen molar-refractivity contribution in [2.24, 2.45) is 5.92 Å². The molecule has 2 saturated heterocycles. The van der Waals surface area contributed by atoms with Gasteiger partial charge in [0.05, 0.1) is 12.7 Å². The number of aromatic nitrogens is 2. The molecule has 7 nitrogen and oxygen atoms in total. The van der Waals surface area contributed by atoms with Gasteiger partial charge >= 0.3 is 6.03 Å². The first-order valence-corrected chi connectivity index (χ1v) is 9.35. The molecule has 0 unspecified atom stereocenters. The number of hydrogen-bond acceptors (Lipinski definition) is 4. The topological polar surface area (TPSA) is 79.3 Å². The maximum atomic E-state index is 13.3. The summed E-state index contributed by atoms with van der Waals surface area (Å²) in [5, 5.41) is 10.7. The van der Waals surface area contributed by atoms with Gasteiger partial charge in [0.1, 0.15) is 5.54 Å². The molecule has 1 atom stereocenters. The van der Waals surface area contributed by atoms with Crippen LogP contribution < -0.4 is 10.6 Å². The largest absolute Gasteiger partial charge is 0.325 e. The van der Waals surface area contributed by atoms with E-state index >= 15 is 0 Å². The molecule has 0 radical (unpaired) electrons. The van der Waals surface area contributed by atoms with E-state index in [9.17, 15) is 9.59 Å². The third-order valence-electron chi connectivity index (χ3n) is 5.41. The number of nitrogens with one attached hydrogen (secondary N) is 2. The van der Waals surface area contributed by atoms with Crippen LogP contribution in [0.2, 0.25) is 0 Å². The Kier molecular flexibility index (Phi) is 5.13. The second kappa shape index (κ2) is 7.15. The van der Waals surface area contributed by atoms with Gasteiger partial charge in [0.2, 0.25) is 0 Å². The Morgan fingerprint density at radius 2 is 2.04 bits per heavy atom. The first kappa shape index (κ1) is 17.9. The van der Waals surface area contributed by atoms with E-state index < -0.39 is 5.54 Å². The van der Waals surface area contributed by atoms with E-state index in [0.29, 0.717) is 6.42 Å². The van der Waals surface area contributed by atoms with E-state index in [1.54, 1.807) is 6.20 Å². The molecule has 7 heteroatoms. The van der Waals surface area contributed by atoms with Crippen molar-refractivity contribution < 1.29 is 9.59 Å². The smallest absolute Gasteiger partial charge is 0.323 e. The van der Waals surface area contributed by atoms with E-state index in [4.69, 9.17) is 0 Å². The fourth-order valence-corrected chi connectivity index (χ4v) is 4.07. The van der Waals surface area contributed by atoms with Gasteiger partial charge in [-0.05, 0) is 52.1 Å². The fourth-order valence-electron chi connectivity index (χ4n) is 4.07. The number of carbonyl (C=O) groups excluding carboxylic acids is 2. The highest BCUT2D eigenvalue weighted by atomic mass is 16.2. The van der Waals surface area contributed by atoms with E-state index in [2.05, 4.69) is 22.7 Å². The van der Waals surface area contributed by atoms with Crippen LogP contribution in [0.1, 0.15) is 58.1 Å². The van der Waals surface area contributed by atoms with Crippen molar-refractivity contribution in [3.05, 3.63) is 18.0 Å². The molecule has 0 saturated carbocycles. The van der Waals surface area contributed by atoms with Crippen molar-refractivity contribution in [1.29, 1.82) is 0 Å². The summed E-state index contributed by atoms with van der Waals surface area (Å²) in [7, 11) is 0. The fraction of sp³-hybridized carbons (Fsp3) is 0.722. The number of carbonyl (C=O) groups is 2. The zero-order valence-corrected chi connectivity index (χ0v) is 15.4. The highest BCUT2D eigenvalue weighted by Gasteiger charge is 2.54. The minimum Gasteiger partial charge on any atom is -0.323 e. The Balaban J connectivity index is 1.81. The lowest BCUT2D eigenvalue weighted by atomic mass is 9.75. The van der Waals surface area contributed by atoms with Crippen LogP contribution in [0, 0.1) is 5.92 Å². The summed E-state index contributed by atoms with van der Waals surface area (Å²) in [6, 6.07) is -0.0138. The highest BCUT2D eigenvalue weighted by molar-refractivity contribution is 6.07. The zero-order valence-electron chi connectivity index (χ0n) is 15.4. The summed E-state index contributed by atoms with van der Waals surface area (Å²) >= 11 is 0. The standard InChI is InChI=1S/C18H29N5O2/c1-4-7-18(15-5-8-19-9-6-15)16(24)22(17(25)21-18)11-14-10-20-23(12-14)13(2)3/h10,12-13,15,19H,4-9,11H2,1-3H3,(H,21,25)/t18-/m1/s1. The Labute approximate surface area is 149 Å². The Morgan fingerprint density at radius 1 is 1.32 bits per heavy atom. The number of amides is 3. The van der Waals surface area contributed by atoms with Crippen LogP contribution >= 0.6 is 0 Å². The highest BCUT2D eigenvalue weighted by Crippen LogP contribution is 2.36. The van der Waals surface area contributed by atoms with Gasteiger partial charge in [-0.2, -0.15) is 5.10 Å². The molecule has 2 N–H and O–H groups in total. The molecule has 2 aliphatic rings. The van der Waals surface area contributed by atoms with Crippen LogP contribution in [0.3, 0.4) is 0 Å². The Morgan fingerprint density at radius 3 is 2.64 bits per heavy atom. The average Bonchev–Trinajstić information content (AvgIpc) is 3.16. The van der Waals surface area contributed by atoms with Gasteiger partial charge < -0.3 is 10.6 Å². The molecule has 25 heavy (non-hydrogen) atoms. The summed E-state index contributed by atoms with van der Waals surface area (Å²) < 4.78 is 1.85.